The highest BCUT2D eigenvalue weighted by molar-refractivity contribution is 5.92. The van der Waals surface area contributed by atoms with E-state index in [1.807, 2.05) is 13.1 Å². The summed E-state index contributed by atoms with van der Waals surface area (Å²) in [7, 11) is 1.85. The molecule has 0 radical (unpaired) electrons. The molecule has 1 aromatic rings. The number of pyridine rings is 1. The van der Waals surface area contributed by atoms with Gasteiger partial charge < -0.3 is 15.0 Å². The van der Waals surface area contributed by atoms with E-state index >= 15 is 0 Å². The maximum Gasteiger partial charge on any atom is 0.272 e. The van der Waals surface area contributed by atoms with Crippen LogP contribution in [0.2, 0.25) is 0 Å². The molecule has 1 aromatic heterocycles. The van der Waals surface area contributed by atoms with Gasteiger partial charge in [-0.2, -0.15) is 0 Å². The molecule has 1 aliphatic heterocycles. The molecular formula is C16H25N3O2. The zero-order chi connectivity index (χ0) is 15.1. The smallest absolute Gasteiger partial charge is 0.272 e. The molecule has 1 amide bonds. The quantitative estimate of drug-likeness (QED) is 0.874. The van der Waals surface area contributed by atoms with Crippen molar-refractivity contribution in [2.24, 2.45) is 5.92 Å². The lowest BCUT2D eigenvalue weighted by molar-refractivity contribution is 0.0495. The molecule has 5 heteroatoms. The summed E-state index contributed by atoms with van der Waals surface area (Å²) in [6.45, 7) is 5.42. The van der Waals surface area contributed by atoms with Gasteiger partial charge in [0.25, 0.3) is 5.91 Å². The summed E-state index contributed by atoms with van der Waals surface area (Å²) in [6, 6.07) is 3.71. The van der Waals surface area contributed by atoms with Gasteiger partial charge in [-0.05, 0) is 37.3 Å². The Morgan fingerprint density at radius 2 is 2.19 bits per heavy atom. The number of anilines is 1. The van der Waals surface area contributed by atoms with E-state index in [2.05, 4.69) is 17.2 Å². The zero-order valence-corrected chi connectivity index (χ0v) is 13.0. The van der Waals surface area contributed by atoms with Crippen LogP contribution >= 0.6 is 0 Å². The van der Waals surface area contributed by atoms with E-state index in [9.17, 15) is 4.79 Å². The van der Waals surface area contributed by atoms with Crippen molar-refractivity contribution < 1.29 is 9.53 Å². The predicted molar refractivity (Wildman–Crippen MR) is 83.5 cm³/mol. The van der Waals surface area contributed by atoms with Gasteiger partial charge in [-0.15, -0.1) is 0 Å². The monoisotopic (exact) mass is 291 g/mol. The van der Waals surface area contributed by atoms with E-state index in [4.69, 9.17) is 4.74 Å². The lowest BCUT2D eigenvalue weighted by Crippen LogP contribution is -2.34. The Balaban J connectivity index is 1.88. The van der Waals surface area contributed by atoms with Crippen LogP contribution in [0.15, 0.2) is 18.3 Å². The van der Waals surface area contributed by atoms with Gasteiger partial charge in [-0.1, -0.05) is 6.92 Å². The Labute approximate surface area is 126 Å². The fourth-order valence-electron chi connectivity index (χ4n) is 2.49. The average Bonchev–Trinajstić information content (AvgIpc) is 2.53. The molecule has 21 heavy (non-hydrogen) atoms. The molecule has 2 heterocycles. The summed E-state index contributed by atoms with van der Waals surface area (Å²) in [4.78, 5) is 18.4. The number of amides is 1. The SMILES string of the molecule is CCCNc1ccc(C(=O)N(C)CC2CCOCC2)nc1. The lowest BCUT2D eigenvalue weighted by atomic mass is 10.00. The highest BCUT2D eigenvalue weighted by Crippen LogP contribution is 2.16. The summed E-state index contributed by atoms with van der Waals surface area (Å²) in [5.41, 5.74) is 1.46. The standard InChI is InChI=1S/C16H25N3O2/c1-3-8-17-14-4-5-15(18-11-14)16(20)19(2)12-13-6-9-21-10-7-13/h4-5,11,13,17H,3,6-10,12H2,1-2H3. The van der Waals surface area contributed by atoms with E-state index in [1.165, 1.54) is 0 Å². The minimum absolute atomic E-state index is 0.0106. The maximum atomic E-state index is 12.4. The number of carbonyl (C=O) groups excluding carboxylic acids is 1. The second kappa shape index (κ2) is 7.98. The summed E-state index contributed by atoms with van der Waals surface area (Å²) in [5.74, 6) is 0.529. The van der Waals surface area contributed by atoms with Crippen LogP contribution in [0.5, 0.6) is 0 Å². The molecule has 1 N–H and O–H groups in total. The first-order valence-corrected chi connectivity index (χ1v) is 7.74. The first kappa shape index (κ1) is 15.8. The minimum Gasteiger partial charge on any atom is -0.384 e. The minimum atomic E-state index is -0.0106. The molecule has 0 unspecified atom stereocenters. The van der Waals surface area contributed by atoms with Gasteiger partial charge in [0.05, 0.1) is 11.9 Å². The summed E-state index contributed by atoms with van der Waals surface area (Å²) < 4.78 is 5.35. The Bertz CT molecular complexity index is 441. The van der Waals surface area contributed by atoms with Crippen LogP contribution in [0.4, 0.5) is 5.69 Å². The fourth-order valence-corrected chi connectivity index (χ4v) is 2.49. The van der Waals surface area contributed by atoms with E-state index < -0.39 is 0 Å². The van der Waals surface area contributed by atoms with Crippen molar-refractivity contribution in [1.29, 1.82) is 0 Å². The topological polar surface area (TPSA) is 54.5 Å². The number of hydrogen-bond donors (Lipinski definition) is 1. The number of aromatic nitrogens is 1. The van der Waals surface area contributed by atoms with Gasteiger partial charge in [0.2, 0.25) is 0 Å². The second-order valence-electron chi connectivity index (χ2n) is 5.60. The van der Waals surface area contributed by atoms with Crippen molar-refractivity contribution >= 4 is 11.6 Å². The summed E-state index contributed by atoms with van der Waals surface area (Å²) in [6.07, 6.45) is 4.86. The van der Waals surface area contributed by atoms with E-state index in [0.717, 1.165) is 51.3 Å². The average molecular weight is 291 g/mol. The normalized spacial score (nSPS) is 15.7. The van der Waals surface area contributed by atoms with Crippen molar-refractivity contribution in [3.8, 4) is 0 Å². The molecule has 0 atom stereocenters. The Hall–Kier alpha value is -1.62. The van der Waals surface area contributed by atoms with Gasteiger partial charge in [0.1, 0.15) is 5.69 Å². The Kier molecular flexibility index (Phi) is 5.99. The van der Waals surface area contributed by atoms with Crippen molar-refractivity contribution in [3.63, 3.8) is 0 Å². The van der Waals surface area contributed by atoms with Crippen LogP contribution in [0, 0.1) is 5.92 Å². The molecule has 0 aromatic carbocycles. The number of nitrogens with one attached hydrogen (secondary N) is 1. The molecule has 2 rings (SSSR count). The van der Waals surface area contributed by atoms with E-state index in [-0.39, 0.29) is 5.91 Å². The molecule has 5 nitrogen and oxygen atoms in total. The first-order chi connectivity index (χ1) is 10.2. The molecule has 1 aliphatic rings. The summed E-state index contributed by atoms with van der Waals surface area (Å²) in [5, 5.41) is 3.25. The van der Waals surface area contributed by atoms with Crippen LogP contribution in [0.25, 0.3) is 0 Å². The highest BCUT2D eigenvalue weighted by Gasteiger charge is 2.20. The number of ether oxygens (including phenoxy) is 1. The van der Waals surface area contributed by atoms with Crippen molar-refractivity contribution in [2.75, 3.05) is 38.7 Å². The largest absolute Gasteiger partial charge is 0.384 e. The molecule has 0 bridgehead atoms. The van der Waals surface area contributed by atoms with Gasteiger partial charge in [-0.25, -0.2) is 4.98 Å². The van der Waals surface area contributed by atoms with Crippen LogP contribution in [-0.2, 0) is 4.74 Å². The van der Waals surface area contributed by atoms with Crippen molar-refractivity contribution in [2.45, 2.75) is 26.2 Å². The molecule has 1 saturated heterocycles. The maximum absolute atomic E-state index is 12.4. The van der Waals surface area contributed by atoms with Crippen LogP contribution in [0.3, 0.4) is 0 Å². The van der Waals surface area contributed by atoms with Crippen LogP contribution in [-0.4, -0.2) is 49.1 Å². The Morgan fingerprint density at radius 1 is 1.43 bits per heavy atom. The highest BCUT2D eigenvalue weighted by atomic mass is 16.5. The van der Waals surface area contributed by atoms with Crippen LogP contribution < -0.4 is 5.32 Å². The zero-order valence-electron chi connectivity index (χ0n) is 13.0. The number of carbonyl (C=O) groups is 1. The second-order valence-corrected chi connectivity index (χ2v) is 5.60. The molecular weight excluding hydrogens is 266 g/mol. The molecule has 0 aliphatic carbocycles. The molecule has 0 spiro atoms. The number of nitrogens with zero attached hydrogens (tertiary/aromatic N) is 2. The van der Waals surface area contributed by atoms with Crippen molar-refractivity contribution in [3.05, 3.63) is 24.0 Å². The number of rotatable bonds is 6. The molecule has 1 fully saturated rings. The van der Waals surface area contributed by atoms with Crippen LogP contribution in [0.1, 0.15) is 36.7 Å². The van der Waals surface area contributed by atoms with Gasteiger partial charge in [0, 0.05) is 33.4 Å². The fraction of sp³-hybridized carbons (Fsp3) is 0.625. The van der Waals surface area contributed by atoms with Gasteiger partial charge >= 0.3 is 0 Å². The van der Waals surface area contributed by atoms with E-state index in [0.29, 0.717) is 11.6 Å². The lowest BCUT2D eigenvalue weighted by Gasteiger charge is -2.27. The van der Waals surface area contributed by atoms with Crippen molar-refractivity contribution in [1.82, 2.24) is 9.88 Å². The predicted octanol–water partition coefficient (Wildman–Crippen LogP) is 2.40. The van der Waals surface area contributed by atoms with Gasteiger partial charge in [0.15, 0.2) is 0 Å². The molecule has 116 valence electrons. The van der Waals surface area contributed by atoms with E-state index in [1.54, 1.807) is 17.2 Å². The summed E-state index contributed by atoms with van der Waals surface area (Å²) >= 11 is 0. The Morgan fingerprint density at radius 3 is 2.81 bits per heavy atom. The third-order valence-electron chi connectivity index (χ3n) is 3.78. The van der Waals surface area contributed by atoms with Gasteiger partial charge in [-0.3, -0.25) is 4.79 Å². The molecule has 0 saturated carbocycles. The number of hydrogen-bond acceptors (Lipinski definition) is 4. The third-order valence-corrected chi connectivity index (χ3v) is 3.78. The third kappa shape index (κ3) is 4.70. The first-order valence-electron chi connectivity index (χ1n) is 7.74.